The number of ether oxygens (including phenoxy) is 1. The van der Waals surface area contributed by atoms with E-state index in [1.165, 1.54) is 0 Å². The molecule has 0 radical (unpaired) electrons. The van der Waals surface area contributed by atoms with Crippen molar-refractivity contribution in [3.8, 4) is 0 Å². The van der Waals surface area contributed by atoms with Gasteiger partial charge in [0, 0.05) is 0 Å². The fraction of sp³-hybridized carbons (Fsp3) is 1.00. The highest BCUT2D eigenvalue weighted by Crippen LogP contribution is 2.26. The number of rotatable bonds is 9. The zero-order chi connectivity index (χ0) is 11.7. The van der Waals surface area contributed by atoms with Gasteiger partial charge in [-0.2, -0.15) is 8.78 Å². The molecular weight excluding hydrogens is 229 g/mol. The molecule has 5 heteroatoms. The molecule has 0 aromatic carbocycles. The second-order valence-corrected chi connectivity index (χ2v) is 3.86. The highest BCUT2D eigenvalue weighted by Gasteiger charge is 2.40. The molecule has 0 aromatic heterocycles. The highest BCUT2D eigenvalue weighted by atomic mass is 35.5. The van der Waals surface area contributed by atoms with E-state index < -0.39 is 11.7 Å². The molecule has 0 N–H and O–H groups in total. The molecule has 0 bridgehead atoms. The quantitative estimate of drug-likeness (QED) is 0.430. The smallest absolute Gasteiger partial charge is 0.317 e. The molecule has 0 saturated heterocycles. The predicted molar refractivity (Wildman–Crippen MR) is 55.0 cm³/mol. The van der Waals surface area contributed by atoms with Crippen LogP contribution in [0.2, 0.25) is 0 Å². The fourth-order valence-electron chi connectivity index (χ4n) is 1.15. The first-order chi connectivity index (χ1) is 7.00. The lowest BCUT2D eigenvalue weighted by Gasteiger charge is -2.16. The van der Waals surface area contributed by atoms with Crippen LogP contribution in [-0.4, -0.2) is 18.3 Å². The summed E-state index contributed by atoms with van der Waals surface area (Å²) < 4.78 is 41.0. The number of halogens is 4. The Morgan fingerprint density at radius 1 is 1.13 bits per heavy atom. The van der Waals surface area contributed by atoms with Gasteiger partial charge >= 0.3 is 6.11 Å². The van der Waals surface area contributed by atoms with E-state index in [2.05, 4.69) is 23.3 Å². The number of hydrogen-bond donors (Lipinski definition) is 0. The van der Waals surface area contributed by atoms with Crippen LogP contribution in [0.15, 0.2) is 0 Å². The van der Waals surface area contributed by atoms with Crippen LogP contribution in [-0.2, 0) is 4.74 Å². The molecule has 0 saturated carbocycles. The van der Waals surface area contributed by atoms with Crippen LogP contribution in [0.1, 0.15) is 45.4 Å². The minimum absolute atomic E-state index is 0.147. The van der Waals surface area contributed by atoms with Crippen molar-refractivity contribution in [3.05, 3.63) is 0 Å². The molecule has 92 valence electrons. The summed E-state index contributed by atoms with van der Waals surface area (Å²) in [6, 6.07) is 0. The summed E-state index contributed by atoms with van der Waals surface area (Å²) in [5, 5.41) is 0. The van der Waals surface area contributed by atoms with Gasteiger partial charge in [-0.15, -0.1) is 0 Å². The Labute approximate surface area is 93.9 Å². The minimum Gasteiger partial charge on any atom is -0.317 e. The maximum atomic E-state index is 12.4. The Balaban J connectivity index is 3.31. The van der Waals surface area contributed by atoms with Crippen molar-refractivity contribution in [2.75, 3.05) is 6.61 Å². The van der Waals surface area contributed by atoms with Gasteiger partial charge in [-0.05, 0) is 6.42 Å². The molecule has 1 atom stereocenters. The predicted octanol–water partition coefficient (Wildman–Crippen LogP) is 4.49. The summed E-state index contributed by atoms with van der Waals surface area (Å²) in [6.07, 6.45) is 1.90. The first kappa shape index (κ1) is 15.0. The van der Waals surface area contributed by atoms with Crippen molar-refractivity contribution < 1.29 is 17.9 Å². The van der Waals surface area contributed by atoms with E-state index in [0.29, 0.717) is 6.42 Å². The maximum Gasteiger partial charge on any atom is 0.400 e. The van der Waals surface area contributed by atoms with Gasteiger partial charge in [-0.1, -0.05) is 50.6 Å². The maximum absolute atomic E-state index is 12.4. The third kappa shape index (κ3) is 7.91. The van der Waals surface area contributed by atoms with Gasteiger partial charge in [0.05, 0.1) is 6.61 Å². The summed E-state index contributed by atoms with van der Waals surface area (Å²) >= 11 is 4.61. The van der Waals surface area contributed by atoms with Crippen LogP contribution in [0, 0.1) is 0 Å². The molecule has 0 heterocycles. The van der Waals surface area contributed by atoms with Crippen molar-refractivity contribution >= 4 is 11.6 Å². The van der Waals surface area contributed by atoms with Crippen molar-refractivity contribution in [3.63, 3.8) is 0 Å². The second kappa shape index (κ2) is 8.22. The second-order valence-electron chi connectivity index (χ2n) is 3.48. The summed E-state index contributed by atoms with van der Waals surface area (Å²) in [5.41, 5.74) is -2.77. The van der Waals surface area contributed by atoms with E-state index in [4.69, 9.17) is 0 Å². The van der Waals surface area contributed by atoms with Gasteiger partial charge in [0.2, 0.25) is 0 Å². The molecule has 0 aliphatic carbocycles. The zero-order valence-corrected chi connectivity index (χ0v) is 9.70. The average Bonchev–Trinajstić information content (AvgIpc) is 2.16. The van der Waals surface area contributed by atoms with Crippen molar-refractivity contribution in [1.82, 2.24) is 0 Å². The monoisotopic (exact) mass is 246 g/mol. The average molecular weight is 247 g/mol. The molecule has 0 rings (SSSR count). The third-order valence-corrected chi connectivity index (χ3v) is 2.30. The Bertz CT molecular complexity index is 154. The van der Waals surface area contributed by atoms with Crippen LogP contribution >= 0.6 is 11.6 Å². The molecule has 0 amide bonds. The van der Waals surface area contributed by atoms with Crippen LogP contribution in [0.25, 0.3) is 0 Å². The summed E-state index contributed by atoms with van der Waals surface area (Å²) in [5.74, 6) is 0. The van der Waals surface area contributed by atoms with Crippen LogP contribution in [0.4, 0.5) is 13.2 Å². The minimum atomic E-state index is -3.86. The molecule has 0 fully saturated rings. The molecule has 0 aromatic rings. The third-order valence-electron chi connectivity index (χ3n) is 2.05. The topological polar surface area (TPSA) is 9.23 Å². The first-order valence-electron chi connectivity index (χ1n) is 5.30. The summed E-state index contributed by atoms with van der Waals surface area (Å²) in [4.78, 5) is 0. The van der Waals surface area contributed by atoms with E-state index in [-0.39, 0.29) is 6.61 Å². The van der Waals surface area contributed by atoms with Gasteiger partial charge in [0.25, 0.3) is 5.63 Å². The summed E-state index contributed by atoms with van der Waals surface area (Å²) in [6.45, 7) is 1.96. The number of unbranched alkanes of at least 4 members (excludes halogenated alkanes) is 5. The van der Waals surface area contributed by atoms with Gasteiger partial charge in [-0.25, -0.2) is 4.39 Å². The van der Waals surface area contributed by atoms with E-state index in [1.54, 1.807) is 0 Å². The molecule has 15 heavy (non-hydrogen) atoms. The Hall–Kier alpha value is 0.0400. The molecule has 0 aliphatic heterocycles. The molecule has 1 nitrogen and oxygen atoms in total. The number of alkyl halides is 4. The van der Waals surface area contributed by atoms with E-state index >= 15 is 0 Å². The van der Waals surface area contributed by atoms with Crippen molar-refractivity contribution in [2.24, 2.45) is 0 Å². The Morgan fingerprint density at radius 2 is 1.67 bits per heavy atom. The lowest BCUT2D eigenvalue weighted by molar-refractivity contribution is -0.256. The summed E-state index contributed by atoms with van der Waals surface area (Å²) in [7, 11) is 0. The number of hydrogen-bond acceptors (Lipinski definition) is 1. The zero-order valence-electron chi connectivity index (χ0n) is 8.95. The Kier molecular flexibility index (Phi) is 8.24. The Morgan fingerprint density at radius 3 is 2.20 bits per heavy atom. The van der Waals surface area contributed by atoms with Gasteiger partial charge in [0.1, 0.15) is 0 Å². The molecular formula is C10H18ClF3O. The normalized spacial score (nSPS) is 14.2. The molecule has 0 spiro atoms. The van der Waals surface area contributed by atoms with E-state index in [9.17, 15) is 13.2 Å². The first-order valence-corrected chi connectivity index (χ1v) is 5.74. The largest absolute Gasteiger partial charge is 0.400 e. The van der Waals surface area contributed by atoms with E-state index in [1.807, 2.05) is 0 Å². The lowest BCUT2D eigenvalue weighted by atomic mass is 10.1. The van der Waals surface area contributed by atoms with Crippen molar-refractivity contribution in [1.29, 1.82) is 0 Å². The standard InChI is InChI=1S/C10H18ClF3O/c1-2-3-4-5-6-7-8-15-10(13,14)9(11)12/h9H,2-8H2,1H3. The van der Waals surface area contributed by atoms with E-state index in [0.717, 1.165) is 32.1 Å². The van der Waals surface area contributed by atoms with Gasteiger partial charge in [-0.3, -0.25) is 0 Å². The van der Waals surface area contributed by atoms with Gasteiger partial charge in [0.15, 0.2) is 0 Å². The molecule has 1 unspecified atom stereocenters. The van der Waals surface area contributed by atoms with Crippen LogP contribution < -0.4 is 0 Å². The van der Waals surface area contributed by atoms with Gasteiger partial charge < -0.3 is 4.74 Å². The lowest BCUT2D eigenvalue weighted by Crippen LogP contribution is -2.29. The van der Waals surface area contributed by atoms with Crippen LogP contribution in [0.5, 0.6) is 0 Å². The highest BCUT2D eigenvalue weighted by molar-refractivity contribution is 6.20. The van der Waals surface area contributed by atoms with Crippen LogP contribution in [0.3, 0.4) is 0 Å². The SMILES string of the molecule is CCCCCCCCOC(F)(F)C(F)Cl. The molecule has 0 aliphatic rings. The van der Waals surface area contributed by atoms with Crippen molar-refractivity contribution in [2.45, 2.75) is 57.2 Å². The fourth-order valence-corrected chi connectivity index (χ4v) is 1.22.